The molecule has 0 saturated carbocycles. The maximum atomic E-state index is 6.17. The summed E-state index contributed by atoms with van der Waals surface area (Å²) in [6.07, 6.45) is 0.964. The molecule has 0 aliphatic carbocycles. The third-order valence-electron chi connectivity index (χ3n) is 3.07. The van der Waals surface area contributed by atoms with Crippen LogP contribution in [0.1, 0.15) is 30.5 Å². The molecule has 1 atom stereocenters. The summed E-state index contributed by atoms with van der Waals surface area (Å²) in [5.41, 5.74) is 8.72. The van der Waals surface area contributed by atoms with Gasteiger partial charge in [-0.05, 0) is 36.6 Å². The minimum Gasteiger partial charge on any atom is -0.324 e. The number of hydrogen-bond donors (Lipinski definition) is 1. The van der Waals surface area contributed by atoms with Gasteiger partial charge in [-0.15, -0.1) is 0 Å². The van der Waals surface area contributed by atoms with E-state index in [0.717, 1.165) is 6.42 Å². The molecule has 0 spiro atoms. The summed E-state index contributed by atoms with van der Waals surface area (Å²) < 4.78 is 0. The van der Waals surface area contributed by atoms with E-state index in [1.807, 2.05) is 0 Å². The van der Waals surface area contributed by atoms with Crippen molar-refractivity contribution in [3.05, 3.63) is 59.7 Å². The first kappa shape index (κ1) is 13.2. The van der Waals surface area contributed by atoms with Gasteiger partial charge in [0.15, 0.2) is 0 Å². The second kappa shape index (κ2) is 6.07. The van der Waals surface area contributed by atoms with Crippen molar-refractivity contribution in [1.29, 1.82) is 0 Å². The Kier molecular flexibility index (Phi) is 4.45. The van der Waals surface area contributed by atoms with Gasteiger partial charge in [-0.2, -0.15) is 0 Å². The SMILES string of the molecule is CC[C@@H](N)c1ccccc1Sc1ccccc1C. The Morgan fingerprint density at radius 3 is 2.28 bits per heavy atom. The van der Waals surface area contributed by atoms with Gasteiger partial charge in [-0.1, -0.05) is 55.1 Å². The molecular weight excluding hydrogens is 238 g/mol. The Labute approximate surface area is 113 Å². The van der Waals surface area contributed by atoms with Gasteiger partial charge in [0.05, 0.1) is 0 Å². The van der Waals surface area contributed by atoms with E-state index >= 15 is 0 Å². The van der Waals surface area contributed by atoms with E-state index in [9.17, 15) is 0 Å². The number of aryl methyl sites for hydroxylation is 1. The van der Waals surface area contributed by atoms with Gasteiger partial charge in [-0.3, -0.25) is 0 Å². The second-order valence-corrected chi connectivity index (χ2v) is 5.50. The van der Waals surface area contributed by atoms with Crippen LogP contribution in [0.4, 0.5) is 0 Å². The molecule has 2 aromatic carbocycles. The van der Waals surface area contributed by atoms with Crippen molar-refractivity contribution >= 4 is 11.8 Å². The number of hydrogen-bond acceptors (Lipinski definition) is 2. The molecule has 0 saturated heterocycles. The number of benzene rings is 2. The quantitative estimate of drug-likeness (QED) is 0.869. The molecular formula is C16H19NS. The molecule has 0 aromatic heterocycles. The Bertz CT molecular complexity index is 522. The fourth-order valence-electron chi connectivity index (χ4n) is 1.89. The van der Waals surface area contributed by atoms with Crippen LogP contribution in [0.3, 0.4) is 0 Å². The molecule has 0 bridgehead atoms. The van der Waals surface area contributed by atoms with E-state index in [4.69, 9.17) is 5.73 Å². The molecule has 1 nitrogen and oxygen atoms in total. The van der Waals surface area contributed by atoms with Crippen molar-refractivity contribution in [2.45, 2.75) is 36.1 Å². The Morgan fingerprint density at radius 2 is 1.61 bits per heavy atom. The highest BCUT2D eigenvalue weighted by atomic mass is 32.2. The van der Waals surface area contributed by atoms with Crippen LogP contribution in [0.15, 0.2) is 58.3 Å². The molecule has 2 aromatic rings. The summed E-state index contributed by atoms with van der Waals surface area (Å²) >= 11 is 1.80. The van der Waals surface area contributed by atoms with Gasteiger partial charge in [0.1, 0.15) is 0 Å². The lowest BCUT2D eigenvalue weighted by atomic mass is 10.1. The van der Waals surface area contributed by atoms with E-state index in [-0.39, 0.29) is 6.04 Å². The van der Waals surface area contributed by atoms with Gasteiger partial charge < -0.3 is 5.73 Å². The molecule has 0 heterocycles. The zero-order valence-electron chi connectivity index (χ0n) is 10.9. The Morgan fingerprint density at radius 1 is 1.00 bits per heavy atom. The third-order valence-corrected chi connectivity index (χ3v) is 4.34. The normalized spacial score (nSPS) is 12.4. The van der Waals surface area contributed by atoms with Crippen LogP contribution in [0.2, 0.25) is 0 Å². The predicted octanol–water partition coefficient (Wildman–Crippen LogP) is 4.56. The topological polar surface area (TPSA) is 26.0 Å². The molecule has 0 aliphatic rings. The standard InChI is InChI=1S/C16H19NS/c1-3-14(17)13-9-5-7-11-16(13)18-15-10-6-4-8-12(15)2/h4-11,14H,3,17H2,1-2H3/t14-/m1/s1. The molecule has 2 heteroatoms. The van der Waals surface area contributed by atoms with Crippen LogP contribution in [0, 0.1) is 6.92 Å². The molecule has 94 valence electrons. The van der Waals surface area contributed by atoms with Gasteiger partial charge in [-0.25, -0.2) is 0 Å². The summed E-state index contributed by atoms with van der Waals surface area (Å²) in [6, 6.07) is 17.0. The van der Waals surface area contributed by atoms with E-state index in [0.29, 0.717) is 0 Å². The average molecular weight is 257 g/mol. The summed E-state index contributed by atoms with van der Waals surface area (Å²) in [7, 11) is 0. The van der Waals surface area contributed by atoms with Crippen LogP contribution in [0.5, 0.6) is 0 Å². The maximum absolute atomic E-state index is 6.17. The van der Waals surface area contributed by atoms with E-state index in [1.165, 1.54) is 20.9 Å². The molecule has 2 rings (SSSR count). The van der Waals surface area contributed by atoms with Gasteiger partial charge in [0, 0.05) is 15.8 Å². The largest absolute Gasteiger partial charge is 0.324 e. The lowest BCUT2D eigenvalue weighted by Crippen LogP contribution is -2.09. The van der Waals surface area contributed by atoms with Crippen molar-refractivity contribution in [3.8, 4) is 0 Å². The predicted molar refractivity (Wildman–Crippen MR) is 79.0 cm³/mol. The zero-order valence-corrected chi connectivity index (χ0v) is 11.7. The molecule has 0 amide bonds. The van der Waals surface area contributed by atoms with Crippen molar-refractivity contribution in [1.82, 2.24) is 0 Å². The second-order valence-electron chi connectivity index (χ2n) is 4.42. The van der Waals surface area contributed by atoms with Gasteiger partial charge in [0.2, 0.25) is 0 Å². The van der Waals surface area contributed by atoms with Crippen LogP contribution >= 0.6 is 11.8 Å². The molecule has 2 N–H and O–H groups in total. The Balaban J connectivity index is 2.32. The highest BCUT2D eigenvalue weighted by Crippen LogP contribution is 2.34. The number of nitrogens with two attached hydrogens (primary N) is 1. The molecule has 0 fully saturated rings. The van der Waals surface area contributed by atoms with Crippen molar-refractivity contribution in [2.24, 2.45) is 5.73 Å². The first-order chi connectivity index (χ1) is 8.72. The van der Waals surface area contributed by atoms with Crippen LogP contribution < -0.4 is 5.73 Å². The molecule has 18 heavy (non-hydrogen) atoms. The van der Waals surface area contributed by atoms with E-state index in [2.05, 4.69) is 62.4 Å². The van der Waals surface area contributed by atoms with Crippen LogP contribution in [0.25, 0.3) is 0 Å². The van der Waals surface area contributed by atoms with Crippen LogP contribution in [-0.4, -0.2) is 0 Å². The fraction of sp³-hybridized carbons (Fsp3) is 0.250. The van der Waals surface area contributed by atoms with Crippen molar-refractivity contribution in [3.63, 3.8) is 0 Å². The smallest absolute Gasteiger partial charge is 0.0303 e. The van der Waals surface area contributed by atoms with Gasteiger partial charge >= 0.3 is 0 Å². The van der Waals surface area contributed by atoms with E-state index < -0.39 is 0 Å². The molecule has 0 radical (unpaired) electrons. The molecule has 0 aliphatic heterocycles. The third kappa shape index (κ3) is 2.95. The lowest BCUT2D eigenvalue weighted by molar-refractivity contribution is 0.685. The monoisotopic (exact) mass is 257 g/mol. The highest BCUT2D eigenvalue weighted by Gasteiger charge is 2.10. The summed E-state index contributed by atoms with van der Waals surface area (Å²) in [6.45, 7) is 4.27. The van der Waals surface area contributed by atoms with E-state index in [1.54, 1.807) is 11.8 Å². The minimum atomic E-state index is 0.123. The highest BCUT2D eigenvalue weighted by molar-refractivity contribution is 7.99. The Hall–Kier alpha value is -1.25. The lowest BCUT2D eigenvalue weighted by Gasteiger charge is -2.15. The van der Waals surface area contributed by atoms with Crippen molar-refractivity contribution < 1.29 is 0 Å². The van der Waals surface area contributed by atoms with Gasteiger partial charge in [0.25, 0.3) is 0 Å². The maximum Gasteiger partial charge on any atom is 0.0303 e. The zero-order chi connectivity index (χ0) is 13.0. The first-order valence-corrected chi connectivity index (χ1v) is 7.12. The fourth-order valence-corrected chi connectivity index (χ4v) is 2.99. The average Bonchev–Trinajstić information content (AvgIpc) is 2.41. The van der Waals surface area contributed by atoms with Crippen molar-refractivity contribution in [2.75, 3.05) is 0 Å². The number of rotatable bonds is 4. The summed E-state index contributed by atoms with van der Waals surface area (Å²) in [5, 5.41) is 0. The minimum absolute atomic E-state index is 0.123. The summed E-state index contributed by atoms with van der Waals surface area (Å²) in [4.78, 5) is 2.56. The molecule has 0 unspecified atom stereocenters. The van der Waals surface area contributed by atoms with Crippen LogP contribution in [-0.2, 0) is 0 Å². The summed E-state index contributed by atoms with van der Waals surface area (Å²) in [5.74, 6) is 0. The first-order valence-electron chi connectivity index (χ1n) is 6.30.